The molecule has 1 aromatic heterocycles. The van der Waals surface area contributed by atoms with Gasteiger partial charge in [-0.2, -0.15) is 10.2 Å². The molecule has 6 nitrogen and oxygen atoms in total. The molecule has 1 N–H and O–H groups in total. The Hall–Kier alpha value is -2.99. The van der Waals surface area contributed by atoms with Gasteiger partial charge in [0.2, 0.25) is 0 Å². The smallest absolute Gasteiger partial charge is 0.323 e. The third kappa shape index (κ3) is 2.33. The highest BCUT2D eigenvalue weighted by molar-refractivity contribution is 6.31. The van der Waals surface area contributed by atoms with E-state index in [1.165, 1.54) is 11.1 Å². The quantitative estimate of drug-likeness (QED) is 0.690. The lowest BCUT2D eigenvalue weighted by molar-refractivity contribution is -0.125. The van der Waals surface area contributed by atoms with Crippen molar-refractivity contribution in [2.75, 3.05) is 4.90 Å². The summed E-state index contributed by atoms with van der Waals surface area (Å²) < 4.78 is 0. The van der Waals surface area contributed by atoms with E-state index in [9.17, 15) is 9.59 Å². The van der Waals surface area contributed by atoms with Crippen LogP contribution >= 0.6 is 11.6 Å². The number of imide groups is 1. The predicted octanol–water partition coefficient (Wildman–Crippen LogP) is 3.66. The fourth-order valence-corrected chi connectivity index (χ4v) is 4.38. The van der Waals surface area contributed by atoms with Crippen LogP contribution in [-0.2, 0) is 4.79 Å². The number of halogens is 1. The minimum atomic E-state index is -0.870. The summed E-state index contributed by atoms with van der Waals surface area (Å²) in [4.78, 5) is 27.0. The van der Waals surface area contributed by atoms with Gasteiger partial charge in [0.25, 0.3) is 5.91 Å². The number of anilines is 1. The Bertz CT molecular complexity index is 1090. The predicted molar refractivity (Wildman–Crippen MR) is 102 cm³/mol. The Balaban J connectivity index is 1.47. The van der Waals surface area contributed by atoms with Gasteiger partial charge in [0.1, 0.15) is 5.54 Å². The number of urea groups is 1. The highest BCUT2D eigenvalue weighted by Crippen LogP contribution is 2.50. The van der Waals surface area contributed by atoms with Gasteiger partial charge < -0.3 is 5.32 Å². The Morgan fingerprint density at radius 3 is 2.63 bits per heavy atom. The van der Waals surface area contributed by atoms with Crippen LogP contribution in [-0.4, -0.2) is 27.7 Å². The molecule has 2 fully saturated rings. The number of hydrogen-bond acceptors (Lipinski definition) is 4. The SMILES string of the molecule is O=C1NC2(CC(c3ccccc3Cl)C2)C(=O)N1c1cnnc2ccccc12. The number of fused-ring (bicyclic) bond motifs is 1. The van der Waals surface area contributed by atoms with Gasteiger partial charge in [-0.25, -0.2) is 9.69 Å². The topological polar surface area (TPSA) is 75.2 Å². The van der Waals surface area contributed by atoms with Gasteiger partial charge in [-0.15, -0.1) is 0 Å². The summed E-state index contributed by atoms with van der Waals surface area (Å²) in [6, 6.07) is 14.5. The maximum Gasteiger partial charge on any atom is 0.329 e. The van der Waals surface area contributed by atoms with E-state index in [1.807, 2.05) is 42.5 Å². The highest BCUT2D eigenvalue weighted by atomic mass is 35.5. The number of amides is 3. The second kappa shape index (κ2) is 5.76. The van der Waals surface area contributed by atoms with E-state index >= 15 is 0 Å². The summed E-state index contributed by atoms with van der Waals surface area (Å²) in [5.41, 5.74) is 1.24. The number of rotatable bonds is 2. The largest absolute Gasteiger partial charge is 0.329 e. The minimum absolute atomic E-state index is 0.148. The van der Waals surface area contributed by atoms with E-state index in [2.05, 4.69) is 15.5 Å². The molecule has 7 heteroatoms. The Labute approximate surface area is 160 Å². The first kappa shape index (κ1) is 16.2. The maximum absolute atomic E-state index is 13.2. The lowest BCUT2D eigenvalue weighted by atomic mass is 9.65. The van der Waals surface area contributed by atoms with Crippen LogP contribution < -0.4 is 10.2 Å². The van der Waals surface area contributed by atoms with Crippen molar-refractivity contribution in [3.63, 3.8) is 0 Å². The number of nitrogens with zero attached hydrogens (tertiary/aromatic N) is 3. The van der Waals surface area contributed by atoms with Crippen LogP contribution in [0.1, 0.15) is 24.3 Å². The molecule has 0 atom stereocenters. The van der Waals surface area contributed by atoms with Crippen molar-refractivity contribution in [2.24, 2.45) is 0 Å². The van der Waals surface area contributed by atoms with Gasteiger partial charge in [0, 0.05) is 10.4 Å². The molecule has 2 aliphatic rings. The first-order valence-electron chi connectivity index (χ1n) is 8.71. The zero-order valence-electron chi connectivity index (χ0n) is 14.2. The Morgan fingerprint density at radius 1 is 1.07 bits per heavy atom. The molecule has 0 unspecified atom stereocenters. The van der Waals surface area contributed by atoms with E-state index in [-0.39, 0.29) is 11.8 Å². The molecular formula is C20H15ClN4O2. The fraction of sp³-hybridized carbons (Fsp3) is 0.200. The van der Waals surface area contributed by atoms with Crippen LogP contribution in [0.3, 0.4) is 0 Å². The number of aromatic nitrogens is 2. The van der Waals surface area contributed by atoms with Gasteiger partial charge in [-0.1, -0.05) is 48.0 Å². The molecule has 134 valence electrons. The van der Waals surface area contributed by atoms with Crippen LogP contribution in [0, 0.1) is 0 Å². The molecule has 2 heterocycles. The van der Waals surface area contributed by atoms with Crippen LogP contribution in [0.4, 0.5) is 10.5 Å². The second-order valence-corrected chi connectivity index (χ2v) is 7.43. The summed E-state index contributed by atoms with van der Waals surface area (Å²) in [7, 11) is 0. The summed E-state index contributed by atoms with van der Waals surface area (Å²) in [5, 5.41) is 12.3. The molecule has 1 aliphatic carbocycles. The van der Waals surface area contributed by atoms with Crippen molar-refractivity contribution in [1.82, 2.24) is 15.5 Å². The first-order chi connectivity index (χ1) is 13.1. The Morgan fingerprint density at radius 2 is 1.81 bits per heavy atom. The summed E-state index contributed by atoms with van der Waals surface area (Å²) in [5.74, 6) is -0.0934. The molecule has 3 amide bonds. The summed E-state index contributed by atoms with van der Waals surface area (Å²) >= 11 is 6.28. The number of carbonyl (C=O) groups excluding carboxylic acids is 2. The molecule has 1 aliphatic heterocycles. The average Bonchev–Trinajstić information content (AvgIpc) is 2.91. The van der Waals surface area contributed by atoms with E-state index in [0.717, 1.165) is 10.9 Å². The van der Waals surface area contributed by atoms with Crippen molar-refractivity contribution in [2.45, 2.75) is 24.3 Å². The molecule has 1 spiro atoms. The van der Waals surface area contributed by atoms with E-state index in [4.69, 9.17) is 11.6 Å². The van der Waals surface area contributed by atoms with Gasteiger partial charge in [-0.3, -0.25) is 4.79 Å². The zero-order chi connectivity index (χ0) is 18.6. The minimum Gasteiger partial charge on any atom is -0.323 e. The van der Waals surface area contributed by atoms with Gasteiger partial charge in [0.05, 0.1) is 17.4 Å². The molecular weight excluding hydrogens is 364 g/mol. The van der Waals surface area contributed by atoms with Gasteiger partial charge in [0.15, 0.2) is 0 Å². The van der Waals surface area contributed by atoms with Crippen LogP contribution in [0.2, 0.25) is 5.02 Å². The lowest BCUT2D eigenvalue weighted by Crippen LogP contribution is -2.56. The molecule has 5 rings (SSSR count). The number of hydrogen-bond donors (Lipinski definition) is 1. The molecule has 0 bridgehead atoms. The van der Waals surface area contributed by atoms with Crippen molar-refractivity contribution in [1.29, 1.82) is 0 Å². The van der Waals surface area contributed by atoms with Crippen molar-refractivity contribution >= 4 is 40.1 Å². The zero-order valence-corrected chi connectivity index (χ0v) is 15.0. The summed E-state index contributed by atoms with van der Waals surface area (Å²) in [6.45, 7) is 0. The lowest BCUT2D eigenvalue weighted by Gasteiger charge is -2.43. The van der Waals surface area contributed by atoms with Crippen molar-refractivity contribution < 1.29 is 9.59 Å². The van der Waals surface area contributed by atoms with Crippen molar-refractivity contribution in [3.8, 4) is 0 Å². The molecule has 27 heavy (non-hydrogen) atoms. The average molecular weight is 379 g/mol. The van der Waals surface area contributed by atoms with Crippen LogP contribution in [0.25, 0.3) is 10.9 Å². The normalized spacial score (nSPS) is 24.3. The molecule has 3 aromatic rings. The molecule has 1 saturated carbocycles. The van der Waals surface area contributed by atoms with Gasteiger partial charge in [-0.05, 0) is 36.5 Å². The number of carbonyl (C=O) groups is 2. The van der Waals surface area contributed by atoms with E-state index < -0.39 is 11.6 Å². The van der Waals surface area contributed by atoms with Gasteiger partial charge >= 0.3 is 6.03 Å². The third-order valence-corrected chi connectivity index (χ3v) is 5.81. The standard InChI is InChI=1S/C20H15ClN4O2/c21-15-7-3-1-5-13(15)12-9-20(10-12)18(26)25(19(27)23-20)17-11-22-24-16-8-4-2-6-14(16)17/h1-8,11-12H,9-10H2,(H,23,27). The van der Waals surface area contributed by atoms with E-state index in [1.54, 1.807) is 6.07 Å². The fourth-order valence-electron chi connectivity index (χ4n) is 4.09. The van der Waals surface area contributed by atoms with Crippen LogP contribution in [0.5, 0.6) is 0 Å². The van der Waals surface area contributed by atoms with Crippen LogP contribution in [0.15, 0.2) is 54.7 Å². The molecule has 1 saturated heterocycles. The number of benzene rings is 2. The third-order valence-electron chi connectivity index (χ3n) is 5.46. The first-order valence-corrected chi connectivity index (χ1v) is 9.08. The maximum atomic E-state index is 13.2. The highest BCUT2D eigenvalue weighted by Gasteiger charge is 2.59. The molecule has 2 aromatic carbocycles. The molecule has 0 radical (unpaired) electrons. The number of nitrogens with one attached hydrogen (secondary N) is 1. The second-order valence-electron chi connectivity index (χ2n) is 7.03. The van der Waals surface area contributed by atoms with E-state index in [0.29, 0.717) is 29.1 Å². The summed E-state index contributed by atoms with van der Waals surface area (Å²) in [6.07, 6.45) is 2.53. The monoisotopic (exact) mass is 378 g/mol. The van der Waals surface area contributed by atoms with Crippen molar-refractivity contribution in [3.05, 3.63) is 65.3 Å². The Kier molecular flexibility index (Phi) is 3.45.